The first-order valence-electron chi connectivity index (χ1n) is 11.2. The van der Waals surface area contributed by atoms with E-state index in [1.807, 2.05) is 39.0 Å². The molecular formula is C25H33NO3S. The van der Waals surface area contributed by atoms with Crippen LogP contribution in [-0.4, -0.2) is 36.8 Å². The number of fused-ring (bicyclic) bond motifs is 2. The smallest absolute Gasteiger partial charge is 0.227 e. The summed E-state index contributed by atoms with van der Waals surface area (Å²) in [5, 5.41) is 0.979. The number of Topliss-reactive ketones (excluding diaryl/α,β-unsaturated/α-hetero) is 1. The number of ether oxygens (including phenoxy) is 1. The molecule has 2 aliphatic rings. The average Bonchev–Trinajstić information content (AvgIpc) is 3.09. The number of hydrogen-bond donors (Lipinski definition) is 0. The summed E-state index contributed by atoms with van der Waals surface area (Å²) in [6, 6.07) is 5.89. The van der Waals surface area contributed by atoms with E-state index in [9.17, 15) is 9.59 Å². The third-order valence-electron chi connectivity index (χ3n) is 6.86. The highest BCUT2D eigenvalue weighted by Crippen LogP contribution is 2.39. The van der Waals surface area contributed by atoms with Crippen LogP contribution in [0.5, 0.6) is 5.75 Å². The normalized spacial score (nSPS) is 22.1. The molecule has 30 heavy (non-hydrogen) atoms. The zero-order chi connectivity index (χ0) is 21.5. The number of nitrogens with zero attached hydrogens (tertiary/aromatic N) is 1. The van der Waals surface area contributed by atoms with Crippen LogP contribution in [-0.2, 0) is 11.2 Å². The first kappa shape index (κ1) is 21.4. The molecule has 4 nitrogen and oxygen atoms in total. The quantitative estimate of drug-likeness (QED) is 0.586. The fourth-order valence-corrected chi connectivity index (χ4v) is 6.40. The number of methoxy groups -OCH3 is 1. The van der Waals surface area contributed by atoms with Gasteiger partial charge in [-0.2, -0.15) is 0 Å². The van der Waals surface area contributed by atoms with Gasteiger partial charge in [-0.1, -0.05) is 40.0 Å². The Kier molecular flexibility index (Phi) is 5.93. The zero-order valence-corrected chi connectivity index (χ0v) is 19.4. The minimum Gasteiger partial charge on any atom is -0.497 e. The molecule has 2 heterocycles. The number of likely N-dealkylation sites (tertiary alicyclic amines) is 1. The summed E-state index contributed by atoms with van der Waals surface area (Å²) in [6.07, 6.45) is 6.63. The zero-order valence-electron chi connectivity index (χ0n) is 18.6. The van der Waals surface area contributed by atoms with Crippen LogP contribution in [0.15, 0.2) is 18.2 Å². The van der Waals surface area contributed by atoms with Crippen LogP contribution in [0.1, 0.15) is 68.1 Å². The maximum atomic E-state index is 13.4. The molecule has 0 bridgehead atoms. The number of carbonyl (C=O) groups excluding carboxylic acids is 2. The van der Waals surface area contributed by atoms with Crippen molar-refractivity contribution in [2.45, 2.75) is 59.3 Å². The first-order chi connectivity index (χ1) is 14.3. The molecule has 0 unspecified atom stereocenters. The summed E-state index contributed by atoms with van der Waals surface area (Å²) in [5.41, 5.74) is 0.396. The lowest BCUT2D eigenvalue weighted by Gasteiger charge is -2.41. The van der Waals surface area contributed by atoms with Gasteiger partial charge in [-0.25, -0.2) is 0 Å². The number of thiophene rings is 1. The number of hydrogen-bond acceptors (Lipinski definition) is 4. The molecule has 4 rings (SSSR count). The number of amides is 1. The van der Waals surface area contributed by atoms with Crippen LogP contribution in [0.4, 0.5) is 0 Å². The van der Waals surface area contributed by atoms with E-state index >= 15 is 0 Å². The third kappa shape index (κ3) is 4.14. The van der Waals surface area contributed by atoms with Crippen LogP contribution in [0, 0.1) is 17.3 Å². The second-order valence-electron chi connectivity index (χ2n) is 9.96. The van der Waals surface area contributed by atoms with E-state index in [4.69, 9.17) is 4.74 Å². The summed E-state index contributed by atoms with van der Waals surface area (Å²) >= 11 is 1.51. The van der Waals surface area contributed by atoms with Crippen LogP contribution >= 0.6 is 11.3 Å². The number of carbonyl (C=O) groups is 2. The van der Waals surface area contributed by atoms with Gasteiger partial charge in [-0.3, -0.25) is 9.59 Å². The minimum absolute atomic E-state index is 0.108. The van der Waals surface area contributed by atoms with E-state index in [0.717, 1.165) is 51.7 Å². The molecule has 1 aliphatic carbocycles. The summed E-state index contributed by atoms with van der Waals surface area (Å²) in [6.45, 7) is 7.57. The van der Waals surface area contributed by atoms with Gasteiger partial charge in [-0.15, -0.1) is 11.3 Å². The Balaban J connectivity index is 1.64. The van der Waals surface area contributed by atoms with Gasteiger partial charge in [0.15, 0.2) is 5.78 Å². The lowest BCUT2D eigenvalue weighted by atomic mass is 9.75. The van der Waals surface area contributed by atoms with Crippen molar-refractivity contribution in [1.29, 1.82) is 0 Å². The molecule has 1 saturated carbocycles. The molecular weight excluding hydrogens is 394 g/mol. The lowest BCUT2D eigenvalue weighted by molar-refractivity contribution is -0.133. The Bertz CT molecular complexity index is 955. The molecule has 1 aromatic heterocycles. The van der Waals surface area contributed by atoms with Crippen molar-refractivity contribution in [2.75, 3.05) is 20.2 Å². The highest BCUT2D eigenvalue weighted by atomic mass is 32.1. The Hall–Kier alpha value is -1.88. The number of piperidine rings is 1. The molecule has 1 saturated heterocycles. The number of ketones is 1. The summed E-state index contributed by atoms with van der Waals surface area (Å²) < 4.78 is 6.46. The molecule has 1 aromatic carbocycles. The Morgan fingerprint density at radius 1 is 1.13 bits per heavy atom. The van der Waals surface area contributed by atoms with Crippen molar-refractivity contribution in [2.24, 2.45) is 17.3 Å². The number of rotatable bonds is 4. The van der Waals surface area contributed by atoms with E-state index in [1.165, 1.54) is 37.0 Å². The maximum Gasteiger partial charge on any atom is 0.227 e. The summed E-state index contributed by atoms with van der Waals surface area (Å²) in [7, 11) is 1.65. The van der Waals surface area contributed by atoms with Crippen LogP contribution < -0.4 is 4.74 Å². The van der Waals surface area contributed by atoms with Crippen molar-refractivity contribution in [3.05, 3.63) is 28.6 Å². The summed E-state index contributed by atoms with van der Waals surface area (Å²) in [4.78, 5) is 29.3. The van der Waals surface area contributed by atoms with E-state index in [-0.39, 0.29) is 11.7 Å². The van der Waals surface area contributed by atoms with Gasteiger partial charge in [-0.05, 0) is 48.4 Å². The molecule has 0 N–H and O–H groups in total. The largest absolute Gasteiger partial charge is 0.497 e. The topological polar surface area (TPSA) is 46.6 Å². The molecule has 1 amide bonds. The molecule has 162 valence electrons. The monoisotopic (exact) mass is 427 g/mol. The second kappa shape index (κ2) is 8.33. The Morgan fingerprint density at radius 2 is 1.87 bits per heavy atom. The molecule has 1 aliphatic heterocycles. The van der Waals surface area contributed by atoms with Crippen LogP contribution in [0.3, 0.4) is 0 Å². The molecule has 2 fully saturated rings. The Labute approximate surface area is 183 Å². The fourth-order valence-electron chi connectivity index (χ4n) is 5.04. The van der Waals surface area contributed by atoms with Gasteiger partial charge >= 0.3 is 0 Å². The van der Waals surface area contributed by atoms with Crippen molar-refractivity contribution >= 4 is 33.1 Å². The molecule has 0 radical (unpaired) electrons. The predicted molar refractivity (Wildman–Crippen MR) is 123 cm³/mol. The van der Waals surface area contributed by atoms with Crippen molar-refractivity contribution < 1.29 is 14.3 Å². The van der Waals surface area contributed by atoms with E-state index in [1.54, 1.807) is 7.11 Å². The summed E-state index contributed by atoms with van der Waals surface area (Å²) in [5.74, 6) is 2.48. The Morgan fingerprint density at radius 3 is 2.57 bits per heavy atom. The molecule has 2 atom stereocenters. The standard InChI is InChI=1S/C25H33NO3S/c1-25(2,3)24(28)23-20(19-13-18(29-4)9-10-21(19)30-23)14-22(27)26-12-11-16-7-5-6-8-17(16)15-26/h9-10,13,16-17H,5-8,11-12,14-15H2,1-4H3/t16-,17+/m0/s1. The predicted octanol–water partition coefficient (Wildman–Crippen LogP) is 5.72. The minimum atomic E-state index is -0.483. The van der Waals surface area contributed by atoms with Crippen molar-refractivity contribution in [1.82, 2.24) is 4.90 Å². The highest BCUT2D eigenvalue weighted by Gasteiger charge is 2.34. The van der Waals surface area contributed by atoms with Gasteiger partial charge in [0.2, 0.25) is 5.91 Å². The van der Waals surface area contributed by atoms with Crippen molar-refractivity contribution in [3.63, 3.8) is 0 Å². The van der Waals surface area contributed by atoms with Gasteiger partial charge in [0.1, 0.15) is 5.75 Å². The van der Waals surface area contributed by atoms with E-state index in [2.05, 4.69) is 4.90 Å². The highest BCUT2D eigenvalue weighted by molar-refractivity contribution is 7.21. The molecule has 5 heteroatoms. The van der Waals surface area contributed by atoms with Crippen LogP contribution in [0.2, 0.25) is 0 Å². The SMILES string of the molecule is COc1ccc2sc(C(=O)C(C)(C)C)c(CC(=O)N3CC[C@@H]4CCCC[C@@H]4C3)c2c1. The van der Waals surface area contributed by atoms with Gasteiger partial charge in [0.05, 0.1) is 18.4 Å². The van der Waals surface area contributed by atoms with Crippen LogP contribution in [0.25, 0.3) is 10.1 Å². The van der Waals surface area contributed by atoms with Gasteiger partial charge in [0.25, 0.3) is 0 Å². The van der Waals surface area contributed by atoms with Gasteiger partial charge < -0.3 is 9.64 Å². The maximum absolute atomic E-state index is 13.4. The van der Waals surface area contributed by atoms with Crippen molar-refractivity contribution in [3.8, 4) is 5.75 Å². The number of benzene rings is 1. The second-order valence-corrected chi connectivity index (χ2v) is 11.0. The lowest BCUT2D eigenvalue weighted by Crippen LogP contribution is -2.45. The fraction of sp³-hybridized carbons (Fsp3) is 0.600. The van der Waals surface area contributed by atoms with E-state index in [0.29, 0.717) is 12.3 Å². The average molecular weight is 428 g/mol. The first-order valence-corrected chi connectivity index (χ1v) is 12.0. The third-order valence-corrected chi connectivity index (χ3v) is 8.07. The molecule has 2 aromatic rings. The van der Waals surface area contributed by atoms with E-state index < -0.39 is 5.41 Å². The van der Waals surface area contributed by atoms with Gasteiger partial charge in [0, 0.05) is 28.6 Å². The molecule has 0 spiro atoms.